The first-order chi connectivity index (χ1) is 10.1. The third kappa shape index (κ3) is 3.01. The standard InChI is InChI=1S/C15H11IN2O2S/c16-11-4-1-5-12(10-11)18-21(19,20)15-8-2-7-14-13(15)6-3-9-17-14/h1-10,18H. The molecule has 3 rings (SSSR count). The molecule has 1 aromatic heterocycles. The van der Waals surface area contributed by atoms with Gasteiger partial charge in [-0.3, -0.25) is 9.71 Å². The van der Waals surface area contributed by atoms with E-state index in [1.807, 2.05) is 12.1 Å². The number of nitrogens with one attached hydrogen (secondary N) is 1. The number of hydrogen-bond donors (Lipinski definition) is 1. The van der Waals surface area contributed by atoms with Crippen LogP contribution in [0.15, 0.2) is 65.7 Å². The van der Waals surface area contributed by atoms with Crippen LogP contribution in [0.4, 0.5) is 5.69 Å². The zero-order valence-electron chi connectivity index (χ0n) is 10.8. The fraction of sp³-hybridized carbons (Fsp3) is 0. The molecule has 0 amide bonds. The number of aromatic nitrogens is 1. The van der Waals surface area contributed by atoms with Crippen molar-refractivity contribution in [2.45, 2.75) is 4.90 Å². The van der Waals surface area contributed by atoms with Gasteiger partial charge in [-0.15, -0.1) is 0 Å². The highest BCUT2D eigenvalue weighted by Gasteiger charge is 2.17. The third-order valence-corrected chi connectivity index (χ3v) is 5.08. The van der Waals surface area contributed by atoms with Crippen LogP contribution in [0.2, 0.25) is 0 Å². The fourth-order valence-electron chi connectivity index (χ4n) is 2.07. The van der Waals surface area contributed by atoms with E-state index in [1.54, 1.807) is 48.7 Å². The molecule has 0 spiro atoms. The molecular formula is C15H11IN2O2S. The summed E-state index contributed by atoms with van der Waals surface area (Å²) >= 11 is 2.14. The fourth-order valence-corrected chi connectivity index (χ4v) is 3.88. The number of benzene rings is 2. The van der Waals surface area contributed by atoms with Gasteiger partial charge in [-0.25, -0.2) is 8.42 Å². The van der Waals surface area contributed by atoms with E-state index >= 15 is 0 Å². The zero-order valence-corrected chi connectivity index (χ0v) is 13.8. The number of sulfonamides is 1. The Kier molecular flexibility index (Phi) is 3.81. The molecule has 0 aliphatic heterocycles. The van der Waals surface area contributed by atoms with E-state index in [4.69, 9.17) is 0 Å². The summed E-state index contributed by atoms with van der Waals surface area (Å²) in [5.74, 6) is 0. The quantitative estimate of drug-likeness (QED) is 0.671. The van der Waals surface area contributed by atoms with E-state index in [2.05, 4.69) is 32.3 Å². The van der Waals surface area contributed by atoms with Gasteiger partial charge in [-0.05, 0) is 65.1 Å². The second-order valence-corrected chi connectivity index (χ2v) is 7.34. The number of rotatable bonds is 3. The lowest BCUT2D eigenvalue weighted by Gasteiger charge is -2.10. The summed E-state index contributed by atoms with van der Waals surface area (Å²) in [5.41, 5.74) is 1.20. The molecular weight excluding hydrogens is 399 g/mol. The summed E-state index contributed by atoms with van der Waals surface area (Å²) in [6.07, 6.45) is 1.64. The maximum absolute atomic E-state index is 12.6. The number of hydrogen-bond acceptors (Lipinski definition) is 3. The zero-order chi connectivity index (χ0) is 14.9. The Balaban J connectivity index is 2.09. The monoisotopic (exact) mass is 410 g/mol. The van der Waals surface area contributed by atoms with Gasteiger partial charge >= 0.3 is 0 Å². The second kappa shape index (κ2) is 5.61. The van der Waals surface area contributed by atoms with Crippen LogP contribution in [0.5, 0.6) is 0 Å². The van der Waals surface area contributed by atoms with Crippen LogP contribution in [0.3, 0.4) is 0 Å². The highest BCUT2D eigenvalue weighted by molar-refractivity contribution is 14.1. The molecule has 0 radical (unpaired) electrons. The van der Waals surface area contributed by atoms with Crippen LogP contribution in [-0.2, 0) is 10.0 Å². The lowest BCUT2D eigenvalue weighted by molar-refractivity contribution is 0.602. The predicted molar refractivity (Wildman–Crippen MR) is 91.7 cm³/mol. The topological polar surface area (TPSA) is 59.1 Å². The Labute approximate surface area is 136 Å². The van der Waals surface area contributed by atoms with Gasteiger partial charge < -0.3 is 0 Å². The van der Waals surface area contributed by atoms with Crippen molar-refractivity contribution in [2.75, 3.05) is 4.72 Å². The van der Waals surface area contributed by atoms with Crippen molar-refractivity contribution in [1.29, 1.82) is 0 Å². The molecule has 1 heterocycles. The van der Waals surface area contributed by atoms with Gasteiger partial charge in [0.1, 0.15) is 0 Å². The molecule has 0 aliphatic rings. The number of halogens is 1. The molecule has 2 aromatic carbocycles. The van der Waals surface area contributed by atoms with Crippen molar-refractivity contribution in [3.05, 3.63) is 64.4 Å². The Hall–Kier alpha value is -1.67. The third-order valence-electron chi connectivity index (χ3n) is 2.97. The maximum Gasteiger partial charge on any atom is 0.262 e. The van der Waals surface area contributed by atoms with Crippen molar-refractivity contribution in [3.63, 3.8) is 0 Å². The minimum absolute atomic E-state index is 0.229. The molecule has 21 heavy (non-hydrogen) atoms. The average Bonchev–Trinajstić information content (AvgIpc) is 2.46. The lowest BCUT2D eigenvalue weighted by Crippen LogP contribution is -2.13. The molecule has 0 aliphatic carbocycles. The minimum atomic E-state index is -3.65. The van der Waals surface area contributed by atoms with Crippen LogP contribution < -0.4 is 4.72 Å². The first-order valence-electron chi connectivity index (χ1n) is 6.18. The van der Waals surface area contributed by atoms with Crippen molar-refractivity contribution >= 4 is 49.2 Å². The van der Waals surface area contributed by atoms with Crippen LogP contribution in [0, 0.1) is 3.57 Å². The number of pyridine rings is 1. The average molecular weight is 410 g/mol. The van der Waals surface area contributed by atoms with Crippen molar-refractivity contribution in [3.8, 4) is 0 Å². The van der Waals surface area contributed by atoms with Gasteiger partial charge in [0.25, 0.3) is 10.0 Å². The number of fused-ring (bicyclic) bond motifs is 1. The van der Waals surface area contributed by atoms with Crippen LogP contribution in [-0.4, -0.2) is 13.4 Å². The Morgan fingerprint density at radius 2 is 1.81 bits per heavy atom. The molecule has 0 fully saturated rings. The molecule has 3 aromatic rings. The molecule has 6 heteroatoms. The Morgan fingerprint density at radius 3 is 2.62 bits per heavy atom. The van der Waals surface area contributed by atoms with Crippen molar-refractivity contribution < 1.29 is 8.42 Å². The summed E-state index contributed by atoms with van der Waals surface area (Å²) in [7, 11) is -3.65. The van der Waals surface area contributed by atoms with Gasteiger partial charge in [0.2, 0.25) is 0 Å². The van der Waals surface area contributed by atoms with Crippen LogP contribution >= 0.6 is 22.6 Å². The molecule has 0 atom stereocenters. The summed E-state index contributed by atoms with van der Waals surface area (Å²) in [4.78, 5) is 4.41. The van der Waals surface area contributed by atoms with E-state index in [-0.39, 0.29) is 4.90 Å². The SMILES string of the molecule is O=S(=O)(Nc1cccc(I)c1)c1cccc2ncccc12. The molecule has 4 nitrogen and oxygen atoms in total. The smallest absolute Gasteiger partial charge is 0.262 e. The van der Waals surface area contributed by atoms with Gasteiger partial charge in [-0.1, -0.05) is 12.1 Å². The van der Waals surface area contributed by atoms with E-state index < -0.39 is 10.0 Å². The van der Waals surface area contributed by atoms with Crippen LogP contribution in [0.25, 0.3) is 10.9 Å². The molecule has 0 saturated carbocycles. The minimum Gasteiger partial charge on any atom is -0.280 e. The molecule has 0 unspecified atom stereocenters. The summed E-state index contributed by atoms with van der Waals surface area (Å²) in [6.45, 7) is 0. The molecule has 0 saturated heterocycles. The predicted octanol–water partition coefficient (Wildman–Crippen LogP) is 3.64. The Morgan fingerprint density at radius 1 is 1.00 bits per heavy atom. The summed E-state index contributed by atoms with van der Waals surface area (Å²) in [6, 6.07) is 15.8. The van der Waals surface area contributed by atoms with Gasteiger partial charge in [-0.2, -0.15) is 0 Å². The van der Waals surface area contributed by atoms with Crippen LogP contribution in [0.1, 0.15) is 0 Å². The number of anilines is 1. The summed E-state index contributed by atoms with van der Waals surface area (Å²) < 4.78 is 28.7. The summed E-state index contributed by atoms with van der Waals surface area (Å²) in [5, 5.41) is 0.609. The Bertz CT molecular complexity index is 905. The molecule has 1 N–H and O–H groups in total. The van der Waals surface area contributed by atoms with E-state index in [1.165, 1.54) is 0 Å². The first-order valence-corrected chi connectivity index (χ1v) is 8.75. The highest BCUT2D eigenvalue weighted by Crippen LogP contribution is 2.24. The molecule has 0 bridgehead atoms. The van der Waals surface area contributed by atoms with Gasteiger partial charge in [0, 0.05) is 20.8 Å². The van der Waals surface area contributed by atoms with E-state index in [0.717, 1.165) is 3.57 Å². The first kappa shape index (κ1) is 14.3. The van der Waals surface area contributed by atoms with E-state index in [9.17, 15) is 8.42 Å². The molecule has 106 valence electrons. The van der Waals surface area contributed by atoms with Gasteiger partial charge in [0.05, 0.1) is 10.4 Å². The van der Waals surface area contributed by atoms with Crippen molar-refractivity contribution in [2.24, 2.45) is 0 Å². The van der Waals surface area contributed by atoms with Gasteiger partial charge in [0.15, 0.2) is 0 Å². The lowest BCUT2D eigenvalue weighted by atomic mass is 10.2. The maximum atomic E-state index is 12.6. The van der Waals surface area contributed by atoms with Crippen molar-refractivity contribution in [1.82, 2.24) is 4.98 Å². The number of nitrogens with zero attached hydrogens (tertiary/aromatic N) is 1. The highest BCUT2D eigenvalue weighted by atomic mass is 127. The largest absolute Gasteiger partial charge is 0.280 e. The van der Waals surface area contributed by atoms with E-state index in [0.29, 0.717) is 16.6 Å². The normalized spacial score (nSPS) is 11.5. The second-order valence-electron chi connectivity index (χ2n) is 4.44.